The van der Waals surface area contributed by atoms with Crippen molar-refractivity contribution in [1.82, 2.24) is 0 Å². The van der Waals surface area contributed by atoms with Crippen LogP contribution in [0.15, 0.2) is 11.3 Å². The molecule has 0 radical (unpaired) electrons. The molecule has 2 aliphatic rings. The summed E-state index contributed by atoms with van der Waals surface area (Å²) in [7, 11) is 0. The monoisotopic (exact) mass is 292 g/mol. The third-order valence-corrected chi connectivity index (χ3v) is 5.72. The molecular weight excluding hydrogens is 256 g/mol. The van der Waals surface area contributed by atoms with Gasteiger partial charge < -0.3 is 4.74 Å². The Morgan fingerprint density at radius 3 is 2.48 bits per heavy atom. The van der Waals surface area contributed by atoms with Gasteiger partial charge in [0.15, 0.2) is 0 Å². The highest BCUT2D eigenvalue weighted by atomic mass is 16.5. The van der Waals surface area contributed by atoms with Gasteiger partial charge >= 0.3 is 0 Å². The molecule has 0 spiro atoms. The fraction of sp³-hybridized carbons (Fsp3) is 0.900. The van der Waals surface area contributed by atoms with Crippen molar-refractivity contribution in [3.8, 4) is 0 Å². The van der Waals surface area contributed by atoms with Gasteiger partial charge in [-0.15, -0.1) is 0 Å². The second-order valence-corrected chi connectivity index (χ2v) is 7.25. The molecule has 0 unspecified atom stereocenters. The van der Waals surface area contributed by atoms with Crippen molar-refractivity contribution in [3.63, 3.8) is 0 Å². The van der Waals surface area contributed by atoms with Crippen LogP contribution in [-0.2, 0) is 4.74 Å². The van der Waals surface area contributed by atoms with Gasteiger partial charge in [-0.1, -0.05) is 58.8 Å². The van der Waals surface area contributed by atoms with Gasteiger partial charge in [0.05, 0.1) is 12.4 Å². The second kappa shape index (κ2) is 9.54. The topological polar surface area (TPSA) is 9.23 Å². The smallest absolute Gasteiger partial charge is 0.0951 e. The van der Waals surface area contributed by atoms with E-state index in [1.165, 1.54) is 89.2 Å². The zero-order valence-corrected chi connectivity index (χ0v) is 14.5. The molecule has 1 atom stereocenters. The highest BCUT2D eigenvalue weighted by Crippen LogP contribution is 2.33. The van der Waals surface area contributed by atoms with Crippen LogP contribution in [-0.4, -0.2) is 6.61 Å². The first-order valence-corrected chi connectivity index (χ1v) is 9.67. The van der Waals surface area contributed by atoms with Gasteiger partial charge in [-0.05, 0) is 49.5 Å². The maximum absolute atomic E-state index is 6.15. The molecule has 0 aromatic carbocycles. The van der Waals surface area contributed by atoms with Crippen molar-refractivity contribution >= 4 is 0 Å². The molecule has 1 nitrogen and oxygen atoms in total. The number of rotatable bonds is 8. The Kier molecular flexibility index (Phi) is 7.68. The van der Waals surface area contributed by atoms with Crippen molar-refractivity contribution in [1.29, 1.82) is 0 Å². The van der Waals surface area contributed by atoms with Crippen LogP contribution in [0.25, 0.3) is 0 Å². The van der Waals surface area contributed by atoms with Gasteiger partial charge in [0.1, 0.15) is 0 Å². The fourth-order valence-electron chi connectivity index (χ4n) is 4.15. The minimum Gasteiger partial charge on any atom is -0.498 e. The van der Waals surface area contributed by atoms with Crippen LogP contribution >= 0.6 is 0 Å². The zero-order valence-electron chi connectivity index (χ0n) is 14.5. The molecule has 2 aliphatic carbocycles. The molecule has 0 aromatic heterocycles. The number of unbranched alkanes of at least 4 members (excludes halogenated alkanes) is 1. The summed E-state index contributed by atoms with van der Waals surface area (Å²) in [5.74, 6) is 3.31. The summed E-state index contributed by atoms with van der Waals surface area (Å²) in [5.41, 5.74) is 1.61. The Morgan fingerprint density at radius 1 is 0.952 bits per heavy atom. The number of ether oxygens (including phenoxy) is 1. The van der Waals surface area contributed by atoms with E-state index >= 15 is 0 Å². The zero-order chi connectivity index (χ0) is 14.9. The van der Waals surface area contributed by atoms with Crippen molar-refractivity contribution in [2.24, 2.45) is 11.8 Å². The Labute approximate surface area is 132 Å². The second-order valence-electron chi connectivity index (χ2n) is 7.25. The van der Waals surface area contributed by atoms with Crippen molar-refractivity contribution in [2.45, 2.75) is 97.3 Å². The first-order chi connectivity index (χ1) is 10.3. The Balaban J connectivity index is 1.62. The van der Waals surface area contributed by atoms with E-state index in [0.29, 0.717) is 0 Å². The Bertz CT molecular complexity index is 312. The lowest BCUT2D eigenvalue weighted by Gasteiger charge is -2.26. The minimum absolute atomic E-state index is 0.915. The van der Waals surface area contributed by atoms with Crippen LogP contribution in [0.4, 0.5) is 0 Å². The first-order valence-electron chi connectivity index (χ1n) is 9.67. The van der Waals surface area contributed by atoms with E-state index in [0.717, 1.165) is 18.4 Å². The van der Waals surface area contributed by atoms with E-state index in [-0.39, 0.29) is 0 Å². The van der Waals surface area contributed by atoms with Crippen LogP contribution in [0.2, 0.25) is 0 Å². The first kappa shape index (κ1) is 16.9. The molecule has 1 heteroatoms. The van der Waals surface area contributed by atoms with E-state index in [4.69, 9.17) is 4.74 Å². The molecule has 0 aromatic rings. The Morgan fingerprint density at radius 2 is 1.76 bits per heavy atom. The maximum Gasteiger partial charge on any atom is 0.0951 e. The van der Waals surface area contributed by atoms with Gasteiger partial charge in [0.25, 0.3) is 0 Å². The van der Waals surface area contributed by atoms with Crippen LogP contribution in [0, 0.1) is 11.8 Å². The summed E-state index contributed by atoms with van der Waals surface area (Å²) >= 11 is 0. The van der Waals surface area contributed by atoms with Crippen molar-refractivity contribution < 1.29 is 4.74 Å². The normalized spacial score (nSPS) is 24.4. The SMILES string of the molecule is CCC1=C(OCCCCC2CCCCC2)CC[C@H](CC)C1. The molecule has 122 valence electrons. The summed E-state index contributed by atoms with van der Waals surface area (Å²) in [6.07, 6.45) is 17.9. The van der Waals surface area contributed by atoms with Crippen LogP contribution in [0.3, 0.4) is 0 Å². The molecule has 0 saturated heterocycles. The van der Waals surface area contributed by atoms with Crippen molar-refractivity contribution in [3.05, 3.63) is 11.3 Å². The maximum atomic E-state index is 6.15. The Hall–Kier alpha value is -0.460. The largest absolute Gasteiger partial charge is 0.498 e. The van der Waals surface area contributed by atoms with E-state index in [1.807, 2.05) is 0 Å². The molecule has 0 bridgehead atoms. The lowest BCUT2D eigenvalue weighted by atomic mass is 9.85. The molecule has 0 amide bonds. The predicted octanol–water partition coefficient (Wildman–Crippen LogP) is 6.63. The molecule has 2 rings (SSSR count). The van der Waals surface area contributed by atoms with E-state index in [9.17, 15) is 0 Å². The summed E-state index contributed by atoms with van der Waals surface area (Å²) in [6, 6.07) is 0. The van der Waals surface area contributed by atoms with Crippen LogP contribution < -0.4 is 0 Å². The lowest BCUT2D eigenvalue weighted by molar-refractivity contribution is 0.173. The molecule has 0 N–H and O–H groups in total. The number of hydrogen-bond donors (Lipinski definition) is 0. The minimum atomic E-state index is 0.915. The van der Waals surface area contributed by atoms with Gasteiger partial charge in [-0.25, -0.2) is 0 Å². The van der Waals surface area contributed by atoms with Crippen LogP contribution in [0.1, 0.15) is 97.3 Å². The average molecular weight is 293 g/mol. The molecule has 1 fully saturated rings. The summed E-state index contributed by atoms with van der Waals surface area (Å²) in [6.45, 7) is 5.58. The highest BCUT2D eigenvalue weighted by molar-refractivity contribution is 5.12. The summed E-state index contributed by atoms with van der Waals surface area (Å²) in [4.78, 5) is 0. The number of allylic oxidation sites excluding steroid dienone is 2. The van der Waals surface area contributed by atoms with E-state index < -0.39 is 0 Å². The van der Waals surface area contributed by atoms with Crippen LogP contribution in [0.5, 0.6) is 0 Å². The number of hydrogen-bond acceptors (Lipinski definition) is 1. The molecule has 1 saturated carbocycles. The average Bonchev–Trinajstić information content (AvgIpc) is 2.55. The predicted molar refractivity (Wildman–Crippen MR) is 91.3 cm³/mol. The van der Waals surface area contributed by atoms with Gasteiger partial charge in [-0.3, -0.25) is 0 Å². The van der Waals surface area contributed by atoms with Gasteiger partial charge in [-0.2, -0.15) is 0 Å². The summed E-state index contributed by atoms with van der Waals surface area (Å²) in [5, 5.41) is 0. The quantitative estimate of drug-likeness (QED) is 0.456. The highest BCUT2D eigenvalue weighted by Gasteiger charge is 2.19. The third kappa shape index (κ3) is 5.68. The molecular formula is C20H36O. The fourth-order valence-corrected chi connectivity index (χ4v) is 4.15. The molecule has 0 aliphatic heterocycles. The summed E-state index contributed by atoms with van der Waals surface area (Å²) < 4.78 is 6.15. The van der Waals surface area contributed by atoms with Crippen molar-refractivity contribution in [2.75, 3.05) is 6.61 Å². The molecule has 0 heterocycles. The standard InChI is InChI=1S/C20H36O/c1-3-17-13-14-20(19(4-2)16-17)21-15-9-8-12-18-10-6-5-7-11-18/h17-18H,3-16H2,1-2H3/t17-/m0/s1. The van der Waals surface area contributed by atoms with E-state index in [2.05, 4.69) is 13.8 Å². The lowest BCUT2D eigenvalue weighted by Crippen LogP contribution is -2.12. The van der Waals surface area contributed by atoms with E-state index in [1.54, 1.807) is 5.57 Å². The van der Waals surface area contributed by atoms with Gasteiger partial charge in [0, 0.05) is 6.42 Å². The van der Waals surface area contributed by atoms with Gasteiger partial charge in [0.2, 0.25) is 0 Å². The molecule has 21 heavy (non-hydrogen) atoms. The third-order valence-electron chi connectivity index (χ3n) is 5.72.